The summed E-state index contributed by atoms with van der Waals surface area (Å²) in [7, 11) is 0. The van der Waals surface area contributed by atoms with Crippen molar-refractivity contribution >= 4 is 23.2 Å². The van der Waals surface area contributed by atoms with E-state index in [4.69, 9.17) is 12.2 Å². The summed E-state index contributed by atoms with van der Waals surface area (Å²) in [6.45, 7) is 4.28. The van der Waals surface area contributed by atoms with E-state index in [1.54, 1.807) is 0 Å². The fourth-order valence-corrected chi connectivity index (χ4v) is 1.25. The summed E-state index contributed by atoms with van der Waals surface area (Å²) in [5.74, 6) is -0.123. The van der Waals surface area contributed by atoms with E-state index in [0.717, 1.165) is 5.56 Å². The van der Waals surface area contributed by atoms with Gasteiger partial charge in [0.2, 0.25) is 5.91 Å². The van der Waals surface area contributed by atoms with Gasteiger partial charge >= 0.3 is 0 Å². The number of hydrogen-bond acceptors (Lipinski definition) is 2. The zero-order chi connectivity index (χ0) is 12.0. The molecule has 0 saturated heterocycles. The van der Waals surface area contributed by atoms with Crippen LogP contribution in [0.15, 0.2) is 30.3 Å². The molecule has 1 aromatic rings. The molecule has 1 rings (SSSR count). The molecule has 0 saturated carbocycles. The van der Waals surface area contributed by atoms with Crippen LogP contribution in [-0.2, 0) is 11.3 Å². The molecule has 16 heavy (non-hydrogen) atoms. The number of thiocarbonyl (C=S) groups is 1. The molecular weight excluding hydrogens is 220 g/mol. The minimum absolute atomic E-state index is 0.0588. The van der Waals surface area contributed by atoms with Crippen LogP contribution in [0.25, 0.3) is 0 Å². The Kier molecular flexibility index (Phi) is 4.92. The Morgan fingerprint density at radius 2 is 1.94 bits per heavy atom. The Balaban J connectivity index is 2.34. The van der Waals surface area contributed by atoms with Crippen LogP contribution in [0.3, 0.4) is 0 Å². The van der Waals surface area contributed by atoms with Gasteiger partial charge in [-0.1, -0.05) is 44.2 Å². The molecule has 2 N–H and O–H groups in total. The number of nitrogens with one attached hydrogen (secondary N) is 2. The van der Waals surface area contributed by atoms with Crippen LogP contribution >= 0.6 is 12.2 Å². The first kappa shape index (κ1) is 12.6. The maximum atomic E-state index is 11.3. The smallest absolute Gasteiger partial charge is 0.228 e. The van der Waals surface area contributed by atoms with E-state index in [-0.39, 0.29) is 11.8 Å². The third kappa shape index (κ3) is 4.40. The zero-order valence-corrected chi connectivity index (χ0v) is 10.3. The third-order valence-corrected chi connectivity index (χ3v) is 2.30. The summed E-state index contributed by atoms with van der Waals surface area (Å²) in [5.41, 5.74) is 1.13. The molecule has 0 bridgehead atoms. The van der Waals surface area contributed by atoms with E-state index >= 15 is 0 Å². The molecular formula is C12H16N2OS. The van der Waals surface area contributed by atoms with Crippen molar-refractivity contribution in [1.29, 1.82) is 0 Å². The molecule has 0 aromatic heterocycles. The molecule has 1 amide bonds. The van der Waals surface area contributed by atoms with Gasteiger partial charge in [-0.2, -0.15) is 0 Å². The van der Waals surface area contributed by atoms with Crippen LogP contribution in [0.1, 0.15) is 19.4 Å². The van der Waals surface area contributed by atoms with Crippen molar-refractivity contribution in [3.8, 4) is 0 Å². The molecule has 0 aliphatic rings. The van der Waals surface area contributed by atoms with E-state index in [1.807, 2.05) is 44.2 Å². The summed E-state index contributed by atoms with van der Waals surface area (Å²) in [6, 6.07) is 9.89. The lowest BCUT2D eigenvalue weighted by molar-refractivity contribution is -0.122. The molecule has 0 aliphatic heterocycles. The van der Waals surface area contributed by atoms with Crippen LogP contribution < -0.4 is 10.6 Å². The van der Waals surface area contributed by atoms with Gasteiger partial charge < -0.3 is 10.6 Å². The first-order valence-corrected chi connectivity index (χ1v) is 5.63. The number of benzene rings is 1. The van der Waals surface area contributed by atoms with E-state index < -0.39 is 0 Å². The highest BCUT2D eigenvalue weighted by molar-refractivity contribution is 7.80. The van der Waals surface area contributed by atoms with Crippen molar-refractivity contribution in [1.82, 2.24) is 10.6 Å². The average Bonchev–Trinajstić information content (AvgIpc) is 2.27. The highest BCUT2D eigenvalue weighted by Crippen LogP contribution is 1.97. The Morgan fingerprint density at radius 1 is 1.31 bits per heavy atom. The van der Waals surface area contributed by atoms with Gasteiger partial charge in [-0.25, -0.2) is 0 Å². The summed E-state index contributed by atoms with van der Waals surface area (Å²) >= 11 is 5.01. The predicted molar refractivity (Wildman–Crippen MR) is 68.9 cm³/mol. The van der Waals surface area contributed by atoms with Crippen molar-refractivity contribution in [2.45, 2.75) is 20.4 Å². The Labute approximate surface area is 101 Å². The lowest BCUT2D eigenvalue weighted by atomic mass is 10.2. The Hall–Kier alpha value is -1.42. The fourth-order valence-electron chi connectivity index (χ4n) is 1.08. The van der Waals surface area contributed by atoms with Crippen molar-refractivity contribution in [2.75, 3.05) is 0 Å². The fraction of sp³-hybridized carbons (Fsp3) is 0.333. The van der Waals surface area contributed by atoms with E-state index in [9.17, 15) is 4.79 Å². The molecule has 0 aliphatic carbocycles. The number of rotatable bonds is 3. The Morgan fingerprint density at radius 3 is 2.50 bits per heavy atom. The second kappa shape index (κ2) is 6.23. The molecule has 1 aromatic carbocycles. The van der Waals surface area contributed by atoms with Gasteiger partial charge in [0.05, 0.1) is 0 Å². The van der Waals surface area contributed by atoms with Gasteiger partial charge in [0.1, 0.15) is 0 Å². The van der Waals surface area contributed by atoms with Crippen molar-refractivity contribution in [2.24, 2.45) is 5.92 Å². The minimum atomic E-state index is -0.0643. The van der Waals surface area contributed by atoms with E-state index in [1.165, 1.54) is 0 Å². The lowest BCUT2D eigenvalue weighted by Gasteiger charge is -2.10. The second-order valence-electron chi connectivity index (χ2n) is 3.81. The van der Waals surface area contributed by atoms with Crippen molar-refractivity contribution < 1.29 is 4.79 Å². The Bertz CT molecular complexity index is 363. The van der Waals surface area contributed by atoms with Crippen LogP contribution in [0.2, 0.25) is 0 Å². The molecule has 3 nitrogen and oxygen atoms in total. The molecule has 0 unspecified atom stereocenters. The quantitative estimate of drug-likeness (QED) is 0.787. The molecule has 0 spiro atoms. The minimum Gasteiger partial charge on any atom is -0.358 e. The predicted octanol–water partition coefficient (Wildman–Crippen LogP) is 1.83. The molecule has 4 heteroatoms. The van der Waals surface area contributed by atoms with E-state index in [2.05, 4.69) is 10.6 Å². The standard InChI is InChI=1S/C12H16N2OS/c1-9(2)11(15)14-12(16)13-8-10-6-4-3-5-7-10/h3-7,9H,8H2,1-2H3,(H2,13,14,15,16). The number of hydrogen-bond donors (Lipinski definition) is 2. The third-order valence-electron chi connectivity index (χ3n) is 2.06. The normalized spacial score (nSPS) is 9.94. The largest absolute Gasteiger partial charge is 0.358 e. The van der Waals surface area contributed by atoms with Gasteiger partial charge in [-0.15, -0.1) is 0 Å². The number of amides is 1. The molecule has 0 fully saturated rings. The summed E-state index contributed by atoms with van der Waals surface area (Å²) < 4.78 is 0. The molecule has 86 valence electrons. The van der Waals surface area contributed by atoms with Crippen LogP contribution in [0.5, 0.6) is 0 Å². The average molecular weight is 236 g/mol. The maximum absolute atomic E-state index is 11.3. The van der Waals surface area contributed by atoms with Crippen LogP contribution in [0, 0.1) is 5.92 Å². The SMILES string of the molecule is CC(C)C(=O)NC(=S)NCc1ccccc1. The summed E-state index contributed by atoms with van der Waals surface area (Å²) in [4.78, 5) is 11.3. The summed E-state index contributed by atoms with van der Waals surface area (Å²) in [5, 5.41) is 5.99. The van der Waals surface area contributed by atoms with Gasteiger partial charge in [0.15, 0.2) is 5.11 Å². The topological polar surface area (TPSA) is 41.1 Å². The molecule has 0 heterocycles. The number of carbonyl (C=O) groups is 1. The van der Waals surface area contributed by atoms with Crippen LogP contribution in [-0.4, -0.2) is 11.0 Å². The molecule has 0 atom stereocenters. The second-order valence-corrected chi connectivity index (χ2v) is 4.22. The van der Waals surface area contributed by atoms with E-state index in [0.29, 0.717) is 11.7 Å². The van der Waals surface area contributed by atoms with Crippen molar-refractivity contribution in [3.63, 3.8) is 0 Å². The van der Waals surface area contributed by atoms with Crippen molar-refractivity contribution in [3.05, 3.63) is 35.9 Å². The van der Waals surface area contributed by atoms with Gasteiger partial charge in [0.25, 0.3) is 0 Å². The van der Waals surface area contributed by atoms with Gasteiger partial charge in [0, 0.05) is 12.5 Å². The highest BCUT2D eigenvalue weighted by Gasteiger charge is 2.07. The van der Waals surface area contributed by atoms with Crippen LogP contribution in [0.4, 0.5) is 0 Å². The van der Waals surface area contributed by atoms with Gasteiger partial charge in [-0.05, 0) is 17.8 Å². The molecule has 0 radical (unpaired) electrons. The first-order chi connectivity index (χ1) is 7.59. The first-order valence-electron chi connectivity index (χ1n) is 5.22. The number of carbonyl (C=O) groups excluding carboxylic acids is 1. The monoisotopic (exact) mass is 236 g/mol. The maximum Gasteiger partial charge on any atom is 0.228 e. The summed E-state index contributed by atoms with van der Waals surface area (Å²) in [6.07, 6.45) is 0. The highest BCUT2D eigenvalue weighted by atomic mass is 32.1. The zero-order valence-electron chi connectivity index (χ0n) is 9.49. The van der Waals surface area contributed by atoms with Gasteiger partial charge in [-0.3, -0.25) is 4.79 Å². The lowest BCUT2D eigenvalue weighted by Crippen LogP contribution is -2.40.